The van der Waals surface area contributed by atoms with Crippen LogP contribution >= 0.6 is 0 Å². The molecule has 1 unspecified atom stereocenters. The normalized spacial score (nSPS) is 22.2. The number of nitrogens with zero attached hydrogens (tertiary/aromatic N) is 3. The van der Waals surface area contributed by atoms with E-state index in [1.54, 1.807) is 6.07 Å². The van der Waals surface area contributed by atoms with Crippen molar-refractivity contribution < 1.29 is 9.18 Å². The van der Waals surface area contributed by atoms with E-state index in [2.05, 4.69) is 58.2 Å². The molecule has 0 saturated carbocycles. The third-order valence-electron chi connectivity index (χ3n) is 8.58. The summed E-state index contributed by atoms with van der Waals surface area (Å²) in [5.41, 5.74) is 12.1. The van der Waals surface area contributed by atoms with Gasteiger partial charge in [0, 0.05) is 34.3 Å². The third kappa shape index (κ3) is 4.21. The molecule has 2 aliphatic rings. The number of benzene rings is 2. The SMILES string of the molecule is C[C@@H]1CCCN1C1(C)CCc2ccc(-c3cnc4[nH]nc(-c5ccc(C(N)=O)c(F)c5)c4c3)cc2CC1. The molecule has 1 aliphatic heterocycles. The predicted octanol–water partition coefficient (Wildman–Crippen LogP) is 5.65. The Morgan fingerprint density at radius 2 is 1.86 bits per heavy atom. The number of rotatable bonds is 4. The average Bonchev–Trinajstić information content (AvgIpc) is 3.48. The summed E-state index contributed by atoms with van der Waals surface area (Å²) in [6.45, 7) is 6.05. The highest BCUT2D eigenvalue weighted by atomic mass is 19.1. The van der Waals surface area contributed by atoms with Crippen molar-refractivity contribution in [1.29, 1.82) is 0 Å². The summed E-state index contributed by atoms with van der Waals surface area (Å²) in [5.74, 6) is -1.45. The molecule has 3 heterocycles. The first-order valence-corrected chi connectivity index (χ1v) is 13.2. The molecular formula is C30H32FN5O. The maximum atomic E-state index is 14.4. The van der Waals surface area contributed by atoms with Crippen LogP contribution in [0, 0.1) is 5.82 Å². The molecule has 4 aromatic rings. The van der Waals surface area contributed by atoms with Crippen molar-refractivity contribution in [3.8, 4) is 22.4 Å². The van der Waals surface area contributed by atoms with E-state index in [-0.39, 0.29) is 11.1 Å². The van der Waals surface area contributed by atoms with Gasteiger partial charge < -0.3 is 5.73 Å². The fourth-order valence-electron chi connectivity index (χ4n) is 6.38. The van der Waals surface area contributed by atoms with E-state index in [4.69, 9.17) is 5.73 Å². The summed E-state index contributed by atoms with van der Waals surface area (Å²) in [6, 6.07) is 13.9. The number of carbonyl (C=O) groups excluding carboxylic acids is 1. The van der Waals surface area contributed by atoms with E-state index >= 15 is 0 Å². The van der Waals surface area contributed by atoms with Crippen LogP contribution < -0.4 is 5.73 Å². The molecule has 1 saturated heterocycles. The Kier molecular flexibility index (Phi) is 5.83. The van der Waals surface area contributed by atoms with Crippen LogP contribution in [0.5, 0.6) is 0 Å². The molecule has 1 amide bonds. The first-order valence-electron chi connectivity index (χ1n) is 13.2. The van der Waals surface area contributed by atoms with E-state index in [1.165, 1.54) is 55.5 Å². The third-order valence-corrected chi connectivity index (χ3v) is 8.58. The molecule has 2 aromatic carbocycles. The number of hydrogen-bond donors (Lipinski definition) is 2. The van der Waals surface area contributed by atoms with Gasteiger partial charge in [-0.05, 0) is 93.8 Å². The number of H-pyrrole nitrogens is 1. The number of primary amides is 1. The van der Waals surface area contributed by atoms with Gasteiger partial charge in [0.2, 0.25) is 0 Å². The topological polar surface area (TPSA) is 87.9 Å². The number of pyridine rings is 1. The second-order valence-electron chi connectivity index (χ2n) is 10.9. The van der Waals surface area contributed by atoms with E-state index in [1.807, 2.05) is 6.20 Å². The number of likely N-dealkylation sites (tertiary alicyclic amines) is 1. The van der Waals surface area contributed by atoms with Crippen LogP contribution in [0.1, 0.15) is 61.0 Å². The summed E-state index contributed by atoms with van der Waals surface area (Å²) in [7, 11) is 0. The van der Waals surface area contributed by atoms with Gasteiger partial charge in [-0.2, -0.15) is 5.10 Å². The molecule has 7 heteroatoms. The zero-order chi connectivity index (χ0) is 25.7. The molecule has 1 aliphatic carbocycles. The highest BCUT2D eigenvalue weighted by Gasteiger charge is 2.38. The fraction of sp³-hybridized carbons (Fsp3) is 0.367. The van der Waals surface area contributed by atoms with E-state index in [0.29, 0.717) is 22.9 Å². The maximum Gasteiger partial charge on any atom is 0.251 e. The first-order chi connectivity index (χ1) is 17.8. The number of aryl methyl sites for hydroxylation is 2. The Morgan fingerprint density at radius 3 is 2.59 bits per heavy atom. The molecule has 0 bridgehead atoms. The number of nitrogens with one attached hydrogen (secondary N) is 1. The molecule has 37 heavy (non-hydrogen) atoms. The summed E-state index contributed by atoms with van der Waals surface area (Å²) >= 11 is 0. The molecule has 0 radical (unpaired) electrons. The van der Waals surface area contributed by atoms with Gasteiger partial charge in [0.05, 0.1) is 5.56 Å². The number of fused-ring (bicyclic) bond motifs is 2. The Bertz CT molecular complexity index is 1510. The van der Waals surface area contributed by atoms with Crippen molar-refractivity contribution in [1.82, 2.24) is 20.1 Å². The van der Waals surface area contributed by atoms with Gasteiger partial charge in [0.15, 0.2) is 5.65 Å². The second kappa shape index (κ2) is 9.06. The van der Waals surface area contributed by atoms with Crippen molar-refractivity contribution in [2.75, 3.05) is 6.54 Å². The van der Waals surface area contributed by atoms with Crippen LogP contribution in [-0.4, -0.2) is 44.1 Å². The van der Waals surface area contributed by atoms with E-state index in [9.17, 15) is 9.18 Å². The van der Waals surface area contributed by atoms with Crippen molar-refractivity contribution in [3.63, 3.8) is 0 Å². The van der Waals surface area contributed by atoms with Gasteiger partial charge in [-0.15, -0.1) is 0 Å². The Labute approximate surface area is 216 Å². The van der Waals surface area contributed by atoms with Gasteiger partial charge in [-0.25, -0.2) is 9.37 Å². The minimum absolute atomic E-state index is 0.136. The van der Waals surface area contributed by atoms with Gasteiger partial charge in [0.1, 0.15) is 11.5 Å². The number of nitrogens with two attached hydrogens (primary N) is 1. The van der Waals surface area contributed by atoms with Gasteiger partial charge in [-0.1, -0.05) is 24.3 Å². The zero-order valence-corrected chi connectivity index (χ0v) is 21.4. The highest BCUT2D eigenvalue weighted by molar-refractivity contribution is 5.96. The molecule has 6 rings (SSSR count). The smallest absolute Gasteiger partial charge is 0.251 e. The lowest BCUT2D eigenvalue weighted by molar-refractivity contribution is 0.0821. The summed E-state index contributed by atoms with van der Waals surface area (Å²) in [6.07, 6.45) is 9.01. The van der Waals surface area contributed by atoms with Gasteiger partial charge in [0.25, 0.3) is 5.91 Å². The van der Waals surface area contributed by atoms with E-state index < -0.39 is 11.7 Å². The Morgan fingerprint density at radius 1 is 1.08 bits per heavy atom. The molecule has 2 atom stereocenters. The summed E-state index contributed by atoms with van der Waals surface area (Å²) in [5, 5.41) is 8.12. The Hall–Kier alpha value is -3.58. The molecule has 2 aromatic heterocycles. The fourth-order valence-corrected chi connectivity index (χ4v) is 6.38. The van der Waals surface area contributed by atoms with Crippen LogP contribution in [0.15, 0.2) is 48.7 Å². The Balaban J connectivity index is 1.31. The van der Waals surface area contributed by atoms with Gasteiger partial charge in [-0.3, -0.25) is 14.8 Å². The molecule has 1 fully saturated rings. The molecule has 6 nitrogen and oxygen atoms in total. The second-order valence-corrected chi connectivity index (χ2v) is 10.9. The lowest BCUT2D eigenvalue weighted by atomic mass is 9.89. The van der Waals surface area contributed by atoms with Gasteiger partial charge >= 0.3 is 0 Å². The molecule has 3 N–H and O–H groups in total. The number of halogens is 1. The maximum absolute atomic E-state index is 14.4. The lowest BCUT2D eigenvalue weighted by Gasteiger charge is -2.41. The standard InChI is InChI=1S/C30H32FN5O/c1-18-4-3-13-36(18)30(2)11-9-19-5-6-20(14-21(19)10-12-30)23-15-25-27(34-35-29(25)33-17-23)22-7-8-24(28(32)37)26(31)16-22/h5-8,14-18H,3-4,9-13H2,1-2H3,(H2,32,37)(H,33,34,35)/t18-,30?/m1/s1. The number of carbonyl (C=O) groups is 1. The lowest BCUT2D eigenvalue weighted by Crippen LogP contribution is -2.48. The largest absolute Gasteiger partial charge is 0.366 e. The summed E-state index contributed by atoms with van der Waals surface area (Å²) < 4.78 is 14.4. The highest BCUT2D eigenvalue weighted by Crippen LogP contribution is 2.38. The molecule has 0 spiro atoms. The first kappa shape index (κ1) is 23.8. The van der Waals surface area contributed by atoms with Crippen LogP contribution in [0.25, 0.3) is 33.4 Å². The number of aromatic nitrogens is 3. The predicted molar refractivity (Wildman–Crippen MR) is 144 cm³/mol. The zero-order valence-electron chi connectivity index (χ0n) is 21.4. The van der Waals surface area contributed by atoms with Crippen LogP contribution in [-0.2, 0) is 12.8 Å². The summed E-state index contributed by atoms with van der Waals surface area (Å²) in [4.78, 5) is 18.8. The minimum Gasteiger partial charge on any atom is -0.366 e. The van der Waals surface area contributed by atoms with Crippen LogP contribution in [0.3, 0.4) is 0 Å². The monoisotopic (exact) mass is 497 g/mol. The van der Waals surface area contributed by atoms with Crippen molar-refractivity contribution in [2.45, 2.75) is 64.0 Å². The average molecular weight is 498 g/mol. The molecule has 190 valence electrons. The number of aromatic amines is 1. The van der Waals surface area contributed by atoms with E-state index in [0.717, 1.165) is 29.4 Å². The quantitative estimate of drug-likeness (QED) is 0.357. The van der Waals surface area contributed by atoms with Crippen molar-refractivity contribution in [2.24, 2.45) is 5.73 Å². The number of hydrogen-bond acceptors (Lipinski definition) is 4. The number of amides is 1. The van der Waals surface area contributed by atoms with Crippen molar-refractivity contribution in [3.05, 3.63) is 71.2 Å². The molecular weight excluding hydrogens is 465 g/mol. The van der Waals surface area contributed by atoms with Crippen LogP contribution in [0.4, 0.5) is 4.39 Å². The van der Waals surface area contributed by atoms with Crippen molar-refractivity contribution >= 4 is 16.9 Å². The van der Waals surface area contributed by atoms with Crippen LogP contribution in [0.2, 0.25) is 0 Å². The minimum atomic E-state index is -0.793.